The molecule has 25 heavy (non-hydrogen) atoms. The summed E-state index contributed by atoms with van der Waals surface area (Å²) in [6.07, 6.45) is 0. The summed E-state index contributed by atoms with van der Waals surface area (Å²) in [6, 6.07) is 8.81. The Morgan fingerprint density at radius 1 is 0.960 bits per heavy atom. The van der Waals surface area contributed by atoms with Gasteiger partial charge in [-0.3, -0.25) is 4.79 Å². The van der Waals surface area contributed by atoms with Crippen molar-refractivity contribution in [3.8, 4) is 0 Å². The van der Waals surface area contributed by atoms with Crippen molar-refractivity contribution in [1.29, 1.82) is 0 Å². The molecule has 0 aliphatic heterocycles. The van der Waals surface area contributed by atoms with Crippen LogP contribution in [-0.2, 0) is 10.0 Å². The number of hydrogen-bond donors (Lipinski definition) is 1. The average molecular weight is 360 g/mol. The van der Waals surface area contributed by atoms with E-state index in [1.165, 1.54) is 20.2 Å². The maximum absolute atomic E-state index is 12.7. The van der Waals surface area contributed by atoms with Crippen molar-refractivity contribution in [3.63, 3.8) is 0 Å². The molecule has 0 radical (unpaired) electrons. The molecule has 134 valence electrons. The van der Waals surface area contributed by atoms with E-state index >= 15 is 0 Å². The Morgan fingerprint density at radius 3 is 2.20 bits per heavy atom. The highest BCUT2D eigenvalue weighted by molar-refractivity contribution is 7.89. The van der Waals surface area contributed by atoms with Gasteiger partial charge in [-0.25, -0.2) is 12.7 Å². The minimum atomic E-state index is -3.57. The van der Waals surface area contributed by atoms with Crippen LogP contribution in [0.5, 0.6) is 0 Å². The third-order valence-corrected chi connectivity index (χ3v) is 6.10. The van der Waals surface area contributed by atoms with Gasteiger partial charge >= 0.3 is 0 Å². The first-order chi connectivity index (χ1) is 11.5. The molecular formula is C19H24N2O3S. The summed E-state index contributed by atoms with van der Waals surface area (Å²) in [4.78, 5) is 12.8. The number of rotatable bonds is 4. The van der Waals surface area contributed by atoms with E-state index in [1.54, 1.807) is 6.07 Å². The Balaban J connectivity index is 2.48. The van der Waals surface area contributed by atoms with E-state index in [-0.39, 0.29) is 10.8 Å². The van der Waals surface area contributed by atoms with Crippen molar-refractivity contribution in [2.45, 2.75) is 32.6 Å². The quantitative estimate of drug-likeness (QED) is 0.908. The van der Waals surface area contributed by atoms with Crippen LogP contribution < -0.4 is 5.32 Å². The highest BCUT2D eigenvalue weighted by Crippen LogP contribution is 2.26. The Hall–Kier alpha value is -2.18. The largest absolute Gasteiger partial charge is 0.322 e. The van der Waals surface area contributed by atoms with Crippen molar-refractivity contribution in [2.24, 2.45) is 0 Å². The summed E-state index contributed by atoms with van der Waals surface area (Å²) in [5, 5.41) is 2.86. The van der Waals surface area contributed by atoms with Gasteiger partial charge in [-0.1, -0.05) is 17.7 Å². The molecule has 2 aromatic carbocycles. The van der Waals surface area contributed by atoms with Gasteiger partial charge in [0.25, 0.3) is 5.91 Å². The molecule has 0 unspecified atom stereocenters. The number of sulfonamides is 1. The first-order valence-corrected chi connectivity index (χ1v) is 9.40. The summed E-state index contributed by atoms with van der Waals surface area (Å²) in [7, 11) is -0.602. The lowest BCUT2D eigenvalue weighted by atomic mass is 10.0. The topological polar surface area (TPSA) is 66.5 Å². The number of hydrogen-bond acceptors (Lipinski definition) is 3. The zero-order valence-electron chi connectivity index (χ0n) is 15.5. The number of carbonyl (C=O) groups is 1. The maximum Gasteiger partial charge on any atom is 0.255 e. The van der Waals surface area contributed by atoms with E-state index in [0.717, 1.165) is 26.6 Å². The fraction of sp³-hybridized carbons (Fsp3) is 0.316. The van der Waals surface area contributed by atoms with Gasteiger partial charge in [-0.15, -0.1) is 0 Å². The number of anilines is 1. The number of amides is 1. The van der Waals surface area contributed by atoms with Crippen LogP contribution in [0.4, 0.5) is 5.69 Å². The number of nitrogens with zero attached hydrogens (tertiary/aromatic N) is 1. The van der Waals surface area contributed by atoms with Gasteiger partial charge in [0.1, 0.15) is 0 Å². The van der Waals surface area contributed by atoms with Gasteiger partial charge in [0.2, 0.25) is 10.0 Å². The molecule has 1 N–H and O–H groups in total. The van der Waals surface area contributed by atoms with E-state index in [2.05, 4.69) is 5.32 Å². The Morgan fingerprint density at radius 2 is 1.60 bits per heavy atom. The van der Waals surface area contributed by atoms with Gasteiger partial charge in [0, 0.05) is 25.3 Å². The lowest BCUT2D eigenvalue weighted by Crippen LogP contribution is -2.23. The third kappa shape index (κ3) is 3.91. The molecule has 2 aromatic rings. The molecule has 0 saturated carbocycles. The second-order valence-corrected chi connectivity index (χ2v) is 8.62. The summed E-state index contributed by atoms with van der Waals surface area (Å²) in [5.74, 6) is -0.247. The minimum Gasteiger partial charge on any atom is -0.322 e. The second-order valence-electron chi connectivity index (χ2n) is 6.47. The molecule has 0 fully saturated rings. The Labute approximate surface area is 149 Å². The third-order valence-electron chi connectivity index (χ3n) is 4.31. The number of aryl methyl sites for hydroxylation is 3. The molecule has 0 bridgehead atoms. The first-order valence-electron chi connectivity index (χ1n) is 7.96. The van der Waals surface area contributed by atoms with E-state index in [0.29, 0.717) is 11.3 Å². The number of nitrogens with one attached hydrogen (secondary N) is 1. The van der Waals surface area contributed by atoms with Crippen molar-refractivity contribution in [3.05, 3.63) is 58.1 Å². The van der Waals surface area contributed by atoms with Crippen molar-refractivity contribution in [1.82, 2.24) is 4.31 Å². The Kier molecular flexibility index (Phi) is 5.34. The number of benzene rings is 2. The summed E-state index contributed by atoms with van der Waals surface area (Å²) in [6.45, 7) is 7.49. The van der Waals surface area contributed by atoms with Crippen molar-refractivity contribution < 1.29 is 13.2 Å². The van der Waals surface area contributed by atoms with Gasteiger partial charge in [-0.2, -0.15) is 0 Å². The SMILES string of the molecule is Cc1ccc(C)c(C(=O)Nc2cc(S(=O)(=O)N(C)C)cc(C)c2C)c1. The predicted octanol–water partition coefficient (Wildman–Crippen LogP) is 3.42. The molecule has 0 heterocycles. The fourth-order valence-corrected chi connectivity index (χ4v) is 3.50. The zero-order valence-corrected chi connectivity index (χ0v) is 16.3. The van der Waals surface area contributed by atoms with Crippen molar-refractivity contribution in [2.75, 3.05) is 19.4 Å². The molecule has 2 rings (SSSR count). The molecule has 0 aromatic heterocycles. The summed E-state index contributed by atoms with van der Waals surface area (Å²) < 4.78 is 26.0. The van der Waals surface area contributed by atoms with Crippen molar-refractivity contribution >= 4 is 21.6 Å². The first kappa shape index (κ1) is 19.1. The summed E-state index contributed by atoms with van der Waals surface area (Å²) in [5.41, 5.74) is 4.60. The van der Waals surface area contributed by atoms with Crippen LogP contribution in [0.15, 0.2) is 35.2 Å². The van der Waals surface area contributed by atoms with Crippen LogP contribution in [-0.4, -0.2) is 32.7 Å². The minimum absolute atomic E-state index is 0.164. The Bertz CT molecular complexity index is 932. The van der Waals surface area contributed by atoms with Gasteiger partial charge in [0.15, 0.2) is 0 Å². The van der Waals surface area contributed by atoms with E-state index in [9.17, 15) is 13.2 Å². The lowest BCUT2D eigenvalue weighted by molar-refractivity contribution is 0.102. The second kappa shape index (κ2) is 6.98. The molecule has 1 amide bonds. The van der Waals surface area contributed by atoms with Crippen LogP contribution in [0.25, 0.3) is 0 Å². The highest BCUT2D eigenvalue weighted by atomic mass is 32.2. The molecule has 0 aliphatic rings. The predicted molar refractivity (Wildman–Crippen MR) is 101 cm³/mol. The number of carbonyl (C=O) groups excluding carboxylic acids is 1. The van der Waals surface area contributed by atoms with E-state index in [4.69, 9.17) is 0 Å². The summed E-state index contributed by atoms with van der Waals surface area (Å²) >= 11 is 0. The smallest absolute Gasteiger partial charge is 0.255 e. The molecule has 0 spiro atoms. The van der Waals surface area contributed by atoms with Gasteiger partial charge < -0.3 is 5.32 Å². The fourth-order valence-electron chi connectivity index (χ4n) is 2.49. The zero-order chi connectivity index (χ0) is 18.9. The highest BCUT2D eigenvalue weighted by Gasteiger charge is 2.20. The van der Waals surface area contributed by atoms with Crippen LogP contribution >= 0.6 is 0 Å². The molecule has 0 aliphatic carbocycles. The standard InChI is InChI=1S/C19H24N2O3S/c1-12-7-8-13(2)17(9-12)19(22)20-18-11-16(10-14(3)15(18)4)25(23,24)21(5)6/h7-11H,1-6H3,(H,20,22). The molecule has 0 saturated heterocycles. The van der Waals surface area contributed by atoms with Crippen LogP contribution in [0.3, 0.4) is 0 Å². The molecular weight excluding hydrogens is 336 g/mol. The maximum atomic E-state index is 12.7. The van der Waals surface area contributed by atoms with E-state index < -0.39 is 10.0 Å². The monoisotopic (exact) mass is 360 g/mol. The van der Waals surface area contributed by atoms with Crippen LogP contribution in [0.2, 0.25) is 0 Å². The van der Waals surface area contributed by atoms with Gasteiger partial charge in [-0.05, 0) is 62.6 Å². The molecule has 5 nitrogen and oxygen atoms in total. The van der Waals surface area contributed by atoms with Crippen LogP contribution in [0.1, 0.15) is 32.6 Å². The molecule has 0 atom stereocenters. The van der Waals surface area contributed by atoms with E-state index in [1.807, 2.05) is 45.9 Å². The average Bonchev–Trinajstić information content (AvgIpc) is 2.53. The lowest BCUT2D eigenvalue weighted by Gasteiger charge is -2.17. The van der Waals surface area contributed by atoms with Crippen LogP contribution in [0, 0.1) is 27.7 Å². The normalized spacial score (nSPS) is 11.6. The molecule has 6 heteroatoms. The van der Waals surface area contributed by atoms with Gasteiger partial charge in [0.05, 0.1) is 4.90 Å².